The zero-order valence-corrected chi connectivity index (χ0v) is 13.6. The average Bonchev–Trinajstić information content (AvgIpc) is 3.21. The van der Waals surface area contributed by atoms with Crippen molar-refractivity contribution < 1.29 is 4.79 Å². The van der Waals surface area contributed by atoms with Gasteiger partial charge in [-0.05, 0) is 55.7 Å². The predicted molar refractivity (Wildman–Crippen MR) is 90.4 cm³/mol. The van der Waals surface area contributed by atoms with Crippen molar-refractivity contribution in [1.29, 1.82) is 0 Å². The van der Waals surface area contributed by atoms with Gasteiger partial charge in [0.15, 0.2) is 0 Å². The van der Waals surface area contributed by atoms with Gasteiger partial charge in [0.2, 0.25) is 0 Å². The minimum atomic E-state index is 0.241. The van der Waals surface area contributed by atoms with E-state index in [9.17, 15) is 4.79 Å². The molecule has 2 aliphatic rings. The van der Waals surface area contributed by atoms with Crippen LogP contribution >= 0.6 is 11.3 Å². The minimum absolute atomic E-state index is 0.241. The van der Waals surface area contributed by atoms with Gasteiger partial charge < -0.3 is 4.90 Å². The van der Waals surface area contributed by atoms with Gasteiger partial charge >= 0.3 is 0 Å². The first-order valence-corrected chi connectivity index (χ1v) is 9.12. The van der Waals surface area contributed by atoms with Crippen LogP contribution in [0.1, 0.15) is 57.4 Å². The molecule has 2 heterocycles. The summed E-state index contributed by atoms with van der Waals surface area (Å²) in [7, 11) is 0. The lowest BCUT2D eigenvalue weighted by Gasteiger charge is -2.24. The second kappa shape index (κ2) is 5.88. The van der Waals surface area contributed by atoms with Crippen molar-refractivity contribution in [3.63, 3.8) is 0 Å². The summed E-state index contributed by atoms with van der Waals surface area (Å²) in [6.07, 6.45) is 7.05. The number of benzene rings is 1. The van der Waals surface area contributed by atoms with E-state index >= 15 is 0 Å². The molecular formula is C19H21NOS. The van der Waals surface area contributed by atoms with Crippen molar-refractivity contribution in [3.8, 4) is 0 Å². The quantitative estimate of drug-likeness (QED) is 0.793. The second-order valence-electron chi connectivity index (χ2n) is 6.33. The molecule has 1 aromatic heterocycles. The van der Waals surface area contributed by atoms with Crippen LogP contribution in [0.4, 0.5) is 0 Å². The molecule has 0 bridgehead atoms. The molecule has 2 aromatic rings. The number of thiophene rings is 1. The molecule has 1 aliphatic carbocycles. The highest BCUT2D eigenvalue weighted by atomic mass is 32.1. The molecule has 1 fully saturated rings. The van der Waals surface area contributed by atoms with Crippen molar-refractivity contribution in [3.05, 3.63) is 57.3 Å². The van der Waals surface area contributed by atoms with E-state index in [2.05, 4.69) is 35.2 Å². The van der Waals surface area contributed by atoms with Crippen molar-refractivity contribution in [1.82, 2.24) is 4.90 Å². The van der Waals surface area contributed by atoms with Gasteiger partial charge in [0.1, 0.15) is 0 Å². The van der Waals surface area contributed by atoms with Crippen LogP contribution in [0.3, 0.4) is 0 Å². The number of hydrogen-bond donors (Lipinski definition) is 0. The van der Waals surface area contributed by atoms with Crippen molar-refractivity contribution >= 4 is 17.2 Å². The molecule has 22 heavy (non-hydrogen) atoms. The monoisotopic (exact) mass is 311 g/mol. The normalized spacial score (nSPS) is 20.9. The Hall–Kier alpha value is -1.61. The van der Waals surface area contributed by atoms with Crippen LogP contribution in [0.25, 0.3) is 0 Å². The van der Waals surface area contributed by atoms with Gasteiger partial charge in [-0.1, -0.05) is 30.3 Å². The van der Waals surface area contributed by atoms with Gasteiger partial charge in [-0.3, -0.25) is 4.79 Å². The lowest BCUT2D eigenvalue weighted by Crippen LogP contribution is -2.29. The standard InChI is InChI=1S/C19H21NOS/c21-19(18-13-15-9-4-5-11-17(15)22-18)20-12-6-10-16(20)14-7-2-1-3-8-14/h1-3,7-8,13,16H,4-6,9-12H2. The molecule has 1 aliphatic heterocycles. The summed E-state index contributed by atoms with van der Waals surface area (Å²) in [6, 6.07) is 12.9. The summed E-state index contributed by atoms with van der Waals surface area (Å²) in [4.78, 5) is 17.5. The molecule has 0 saturated carbocycles. The zero-order valence-electron chi connectivity index (χ0n) is 12.8. The summed E-state index contributed by atoms with van der Waals surface area (Å²) in [6.45, 7) is 0.890. The number of aryl methyl sites for hydroxylation is 2. The summed E-state index contributed by atoms with van der Waals surface area (Å²) in [5, 5.41) is 0. The maximum Gasteiger partial charge on any atom is 0.264 e. The lowest BCUT2D eigenvalue weighted by atomic mass is 9.99. The highest BCUT2D eigenvalue weighted by Gasteiger charge is 2.31. The molecule has 1 atom stereocenters. The zero-order chi connectivity index (χ0) is 14.9. The Morgan fingerprint density at radius 3 is 2.73 bits per heavy atom. The van der Waals surface area contributed by atoms with E-state index in [-0.39, 0.29) is 11.9 Å². The Bertz CT molecular complexity index is 652. The average molecular weight is 311 g/mol. The number of carbonyl (C=O) groups excluding carboxylic acids is 1. The number of fused-ring (bicyclic) bond motifs is 1. The van der Waals surface area contributed by atoms with Gasteiger partial charge in [-0.25, -0.2) is 0 Å². The number of nitrogens with zero attached hydrogens (tertiary/aromatic N) is 1. The van der Waals surface area contributed by atoms with Gasteiger partial charge in [-0.15, -0.1) is 11.3 Å². The third-order valence-electron chi connectivity index (χ3n) is 4.91. The van der Waals surface area contributed by atoms with Crippen molar-refractivity contribution in [2.24, 2.45) is 0 Å². The molecule has 0 radical (unpaired) electrons. The molecule has 1 aromatic carbocycles. The summed E-state index contributed by atoms with van der Waals surface area (Å²) < 4.78 is 0. The van der Waals surface area contributed by atoms with Crippen LogP contribution in [0, 0.1) is 0 Å². The Morgan fingerprint density at radius 1 is 1.09 bits per heavy atom. The molecule has 2 nitrogen and oxygen atoms in total. The van der Waals surface area contributed by atoms with Crippen LogP contribution in [-0.4, -0.2) is 17.4 Å². The maximum absolute atomic E-state index is 13.0. The third-order valence-corrected chi connectivity index (χ3v) is 6.13. The van der Waals surface area contributed by atoms with Gasteiger partial charge in [0, 0.05) is 11.4 Å². The summed E-state index contributed by atoms with van der Waals surface area (Å²) in [5.41, 5.74) is 2.70. The second-order valence-corrected chi connectivity index (χ2v) is 7.47. The van der Waals surface area contributed by atoms with Crippen LogP contribution in [0.5, 0.6) is 0 Å². The summed E-state index contributed by atoms with van der Waals surface area (Å²) >= 11 is 1.74. The number of hydrogen-bond acceptors (Lipinski definition) is 2. The fourth-order valence-corrected chi connectivity index (χ4v) is 4.98. The van der Waals surface area contributed by atoms with E-state index in [0.29, 0.717) is 0 Å². The Balaban J connectivity index is 1.60. The number of rotatable bonds is 2. The number of carbonyl (C=O) groups is 1. The van der Waals surface area contributed by atoms with Crippen molar-refractivity contribution in [2.75, 3.05) is 6.54 Å². The van der Waals surface area contributed by atoms with Crippen LogP contribution < -0.4 is 0 Å². The minimum Gasteiger partial charge on any atom is -0.331 e. The smallest absolute Gasteiger partial charge is 0.264 e. The molecule has 0 N–H and O–H groups in total. The highest BCUT2D eigenvalue weighted by molar-refractivity contribution is 7.14. The van der Waals surface area contributed by atoms with Crippen LogP contribution in [0.15, 0.2) is 36.4 Å². The van der Waals surface area contributed by atoms with E-state index in [4.69, 9.17) is 0 Å². The molecule has 1 saturated heterocycles. The van der Waals surface area contributed by atoms with E-state index < -0.39 is 0 Å². The highest BCUT2D eigenvalue weighted by Crippen LogP contribution is 2.36. The molecular weight excluding hydrogens is 290 g/mol. The number of likely N-dealkylation sites (tertiary alicyclic amines) is 1. The lowest BCUT2D eigenvalue weighted by molar-refractivity contribution is 0.0740. The molecule has 1 unspecified atom stereocenters. The molecule has 4 rings (SSSR count). The van der Waals surface area contributed by atoms with E-state index in [0.717, 1.165) is 37.1 Å². The Kier molecular flexibility index (Phi) is 3.75. The SMILES string of the molecule is O=C(c1cc2c(s1)CCCC2)N1CCCC1c1ccccc1. The topological polar surface area (TPSA) is 20.3 Å². The van der Waals surface area contributed by atoms with Gasteiger partial charge in [-0.2, -0.15) is 0 Å². The van der Waals surface area contributed by atoms with E-state index in [1.165, 1.54) is 28.8 Å². The fourth-order valence-electron chi connectivity index (χ4n) is 3.77. The first-order valence-electron chi connectivity index (χ1n) is 8.30. The van der Waals surface area contributed by atoms with Crippen LogP contribution in [-0.2, 0) is 12.8 Å². The number of amides is 1. The van der Waals surface area contributed by atoms with Gasteiger partial charge in [0.05, 0.1) is 10.9 Å². The molecule has 114 valence electrons. The van der Waals surface area contributed by atoms with E-state index in [1.807, 2.05) is 6.07 Å². The third kappa shape index (κ3) is 2.48. The Morgan fingerprint density at radius 2 is 1.91 bits per heavy atom. The molecule has 1 amide bonds. The predicted octanol–water partition coefficient (Wildman–Crippen LogP) is 4.60. The maximum atomic E-state index is 13.0. The fraction of sp³-hybridized carbons (Fsp3) is 0.421. The van der Waals surface area contributed by atoms with Gasteiger partial charge in [0.25, 0.3) is 5.91 Å². The summed E-state index contributed by atoms with van der Waals surface area (Å²) in [5.74, 6) is 0.241. The largest absolute Gasteiger partial charge is 0.331 e. The first-order chi connectivity index (χ1) is 10.8. The molecule has 0 spiro atoms. The first kappa shape index (κ1) is 14.0. The van der Waals surface area contributed by atoms with Crippen LogP contribution in [0.2, 0.25) is 0 Å². The molecule has 3 heteroatoms. The Labute approximate surface area is 135 Å². The van der Waals surface area contributed by atoms with Crippen molar-refractivity contribution in [2.45, 2.75) is 44.6 Å². The van der Waals surface area contributed by atoms with E-state index in [1.54, 1.807) is 11.3 Å².